The van der Waals surface area contributed by atoms with Gasteiger partial charge in [-0.15, -0.1) is 0 Å². The molecule has 0 spiro atoms. The Morgan fingerprint density at radius 3 is 2.62 bits per heavy atom. The Hall–Kier alpha value is -0.760. The lowest BCUT2D eigenvalue weighted by molar-refractivity contribution is 0.419. The topological polar surface area (TPSA) is 25.2 Å². The van der Waals surface area contributed by atoms with E-state index in [1.54, 1.807) is 6.26 Å². The fraction of sp³-hybridized carbons (Fsp3) is 0.636. The van der Waals surface area contributed by atoms with Crippen molar-refractivity contribution in [1.82, 2.24) is 5.32 Å². The molecule has 1 aromatic rings. The molecule has 1 aromatic heterocycles. The number of furan rings is 1. The highest BCUT2D eigenvalue weighted by atomic mass is 16.3. The predicted octanol–water partition coefficient (Wildman–Crippen LogP) is 2.73. The molecule has 13 heavy (non-hydrogen) atoms. The van der Waals surface area contributed by atoms with Gasteiger partial charge in [-0.3, -0.25) is 0 Å². The molecule has 1 heterocycles. The Labute approximate surface area is 80.3 Å². The minimum atomic E-state index is 0.169. The zero-order chi connectivity index (χ0) is 9.90. The van der Waals surface area contributed by atoms with Gasteiger partial charge in [-0.05, 0) is 26.8 Å². The summed E-state index contributed by atoms with van der Waals surface area (Å²) >= 11 is 0. The molecule has 0 aliphatic carbocycles. The molecule has 0 unspecified atom stereocenters. The van der Waals surface area contributed by atoms with Crippen LogP contribution in [0.1, 0.15) is 39.0 Å². The van der Waals surface area contributed by atoms with Crippen molar-refractivity contribution in [2.24, 2.45) is 0 Å². The van der Waals surface area contributed by atoms with Crippen molar-refractivity contribution in [3.05, 3.63) is 23.7 Å². The Bertz CT molecular complexity index is 257. The second kappa shape index (κ2) is 3.97. The van der Waals surface area contributed by atoms with Crippen molar-refractivity contribution in [2.75, 3.05) is 0 Å². The summed E-state index contributed by atoms with van der Waals surface area (Å²) in [5.41, 5.74) is 1.44. The van der Waals surface area contributed by atoms with E-state index in [1.165, 1.54) is 5.56 Å². The van der Waals surface area contributed by atoms with Crippen LogP contribution in [0.4, 0.5) is 0 Å². The summed E-state index contributed by atoms with van der Waals surface area (Å²) in [5, 5.41) is 3.44. The predicted molar refractivity (Wildman–Crippen MR) is 54.7 cm³/mol. The number of hydrogen-bond acceptors (Lipinski definition) is 2. The van der Waals surface area contributed by atoms with Crippen LogP contribution in [0.25, 0.3) is 0 Å². The summed E-state index contributed by atoms with van der Waals surface area (Å²) < 4.78 is 5.34. The van der Waals surface area contributed by atoms with Crippen molar-refractivity contribution in [3.63, 3.8) is 0 Å². The fourth-order valence-electron chi connectivity index (χ4n) is 1.20. The van der Waals surface area contributed by atoms with Crippen molar-refractivity contribution in [2.45, 2.75) is 46.2 Å². The van der Waals surface area contributed by atoms with Crippen LogP contribution in [0.5, 0.6) is 0 Å². The molecule has 1 rings (SSSR count). The Morgan fingerprint density at radius 2 is 2.08 bits per heavy atom. The van der Waals surface area contributed by atoms with E-state index in [9.17, 15) is 0 Å². The summed E-state index contributed by atoms with van der Waals surface area (Å²) in [6, 6.07) is 2.04. The fourth-order valence-corrected chi connectivity index (χ4v) is 1.20. The van der Waals surface area contributed by atoms with Crippen molar-refractivity contribution in [1.29, 1.82) is 0 Å². The molecule has 0 saturated carbocycles. The highest BCUT2D eigenvalue weighted by Gasteiger charge is 2.10. The summed E-state index contributed by atoms with van der Waals surface area (Å²) in [6.07, 6.45) is 2.73. The molecule has 0 aromatic carbocycles. The number of nitrogens with one attached hydrogen (secondary N) is 1. The summed E-state index contributed by atoms with van der Waals surface area (Å²) in [4.78, 5) is 0. The van der Waals surface area contributed by atoms with E-state index < -0.39 is 0 Å². The van der Waals surface area contributed by atoms with Gasteiger partial charge in [-0.1, -0.05) is 6.92 Å². The summed E-state index contributed by atoms with van der Waals surface area (Å²) in [5.74, 6) is 1.09. The molecular weight excluding hydrogens is 162 g/mol. The third-order valence-corrected chi connectivity index (χ3v) is 1.97. The molecular formula is C11H19NO. The summed E-state index contributed by atoms with van der Waals surface area (Å²) in [7, 11) is 0. The second-order valence-corrected chi connectivity index (χ2v) is 4.33. The largest absolute Gasteiger partial charge is 0.469 e. The molecule has 0 aliphatic rings. The van der Waals surface area contributed by atoms with Crippen molar-refractivity contribution < 1.29 is 4.42 Å². The van der Waals surface area contributed by atoms with Crippen LogP contribution in [-0.4, -0.2) is 5.54 Å². The average molecular weight is 181 g/mol. The maximum atomic E-state index is 5.34. The molecule has 0 bridgehead atoms. The van der Waals surface area contributed by atoms with E-state index in [1.807, 2.05) is 6.07 Å². The smallest absolute Gasteiger partial charge is 0.107 e. The lowest BCUT2D eigenvalue weighted by Crippen LogP contribution is -2.35. The first-order valence-electron chi connectivity index (χ1n) is 4.83. The first kappa shape index (κ1) is 10.3. The highest BCUT2D eigenvalue weighted by Crippen LogP contribution is 2.12. The molecule has 2 heteroatoms. The summed E-state index contributed by atoms with van der Waals surface area (Å²) in [6.45, 7) is 9.50. The van der Waals surface area contributed by atoms with Gasteiger partial charge in [0.05, 0.1) is 6.26 Å². The van der Waals surface area contributed by atoms with Crippen LogP contribution < -0.4 is 5.32 Å². The van der Waals surface area contributed by atoms with E-state index in [4.69, 9.17) is 4.42 Å². The molecule has 0 aliphatic heterocycles. The Balaban J connectivity index is 2.54. The third-order valence-electron chi connectivity index (χ3n) is 1.97. The lowest BCUT2D eigenvalue weighted by Gasteiger charge is -2.20. The van der Waals surface area contributed by atoms with Gasteiger partial charge < -0.3 is 9.73 Å². The molecule has 0 amide bonds. The average Bonchev–Trinajstić information content (AvgIpc) is 2.46. The van der Waals surface area contributed by atoms with Crippen LogP contribution in [0.15, 0.2) is 16.7 Å². The Kier molecular flexibility index (Phi) is 3.15. The minimum absolute atomic E-state index is 0.169. The molecule has 1 N–H and O–H groups in total. The van der Waals surface area contributed by atoms with Gasteiger partial charge in [0.2, 0.25) is 0 Å². The van der Waals surface area contributed by atoms with Gasteiger partial charge in [-0.25, -0.2) is 0 Å². The number of aryl methyl sites for hydroxylation is 1. The maximum Gasteiger partial charge on any atom is 0.107 e. The van der Waals surface area contributed by atoms with Crippen molar-refractivity contribution in [3.8, 4) is 0 Å². The van der Waals surface area contributed by atoms with Gasteiger partial charge in [-0.2, -0.15) is 0 Å². The zero-order valence-electron chi connectivity index (χ0n) is 8.98. The Morgan fingerprint density at radius 1 is 1.38 bits per heavy atom. The molecule has 2 nitrogen and oxygen atoms in total. The standard InChI is InChI=1S/C11H19NO/c1-5-10-9(6-7-13-10)8-12-11(2,3)4/h6-7,12H,5,8H2,1-4H3. The van der Waals surface area contributed by atoms with Crippen LogP contribution in [0, 0.1) is 0 Å². The zero-order valence-corrected chi connectivity index (χ0v) is 8.98. The molecule has 74 valence electrons. The monoisotopic (exact) mass is 181 g/mol. The van der Waals surface area contributed by atoms with E-state index in [-0.39, 0.29) is 5.54 Å². The lowest BCUT2D eigenvalue weighted by atomic mass is 10.1. The van der Waals surface area contributed by atoms with E-state index >= 15 is 0 Å². The van der Waals surface area contributed by atoms with Gasteiger partial charge >= 0.3 is 0 Å². The van der Waals surface area contributed by atoms with E-state index in [2.05, 4.69) is 33.0 Å². The molecule has 0 fully saturated rings. The van der Waals surface area contributed by atoms with E-state index in [0.717, 1.165) is 18.7 Å². The van der Waals surface area contributed by atoms with Crippen LogP contribution >= 0.6 is 0 Å². The number of hydrogen-bond donors (Lipinski definition) is 1. The van der Waals surface area contributed by atoms with E-state index in [0.29, 0.717) is 0 Å². The van der Waals surface area contributed by atoms with Crippen LogP contribution in [-0.2, 0) is 13.0 Å². The minimum Gasteiger partial charge on any atom is -0.469 e. The quantitative estimate of drug-likeness (QED) is 0.775. The van der Waals surface area contributed by atoms with Gasteiger partial charge in [0.15, 0.2) is 0 Å². The van der Waals surface area contributed by atoms with Gasteiger partial charge in [0.25, 0.3) is 0 Å². The van der Waals surface area contributed by atoms with Gasteiger partial charge in [0.1, 0.15) is 5.76 Å². The first-order chi connectivity index (χ1) is 6.03. The molecule has 0 radical (unpaired) electrons. The van der Waals surface area contributed by atoms with Gasteiger partial charge in [0, 0.05) is 24.1 Å². The molecule has 0 atom stereocenters. The highest BCUT2D eigenvalue weighted by molar-refractivity contribution is 5.16. The second-order valence-electron chi connectivity index (χ2n) is 4.33. The van der Waals surface area contributed by atoms with Crippen LogP contribution in [0.2, 0.25) is 0 Å². The number of rotatable bonds is 3. The van der Waals surface area contributed by atoms with Crippen molar-refractivity contribution >= 4 is 0 Å². The SMILES string of the molecule is CCc1occc1CNC(C)(C)C. The first-order valence-corrected chi connectivity index (χ1v) is 4.83. The van der Waals surface area contributed by atoms with Crippen LogP contribution in [0.3, 0.4) is 0 Å². The molecule has 0 saturated heterocycles. The third kappa shape index (κ3) is 3.23. The normalized spacial score (nSPS) is 12.0. The maximum absolute atomic E-state index is 5.34.